The van der Waals surface area contributed by atoms with Gasteiger partial charge in [0.2, 0.25) is 5.91 Å². The SMILES string of the molecule is Cc1oc2cc3oc(=O)c(CC(=O)NC(Cc4ccc(O)cc4)C(=O)O)c(C)c3cc2c1C. The summed E-state index contributed by atoms with van der Waals surface area (Å²) in [6, 6.07) is 8.41. The minimum absolute atomic E-state index is 0.0315. The van der Waals surface area contributed by atoms with E-state index in [0.29, 0.717) is 27.7 Å². The van der Waals surface area contributed by atoms with Crippen LogP contribution in [0.2, 0.25) is 0 Å². The number of aliphatic carboxylic acids is 1. The molecule has 4 aromatic rings. The second-order valence-electron chi connectivity index (χ2n) is 8.13. The number of aryl methyl sites for hydroxylation is 3. The summed E-state index contributed by atoms with van der Waals surface area (Å²) in [6.07, 6.45) is -0.283. The predicted molar refractivity (Wildman–Crippen MR) is 122 cm³/mol. The summed E-state index contributed by atoms with van der Waals surface area (Å²) < 4.78 is 11.2. The van der Waals surface area contributed by atoms with Gasteiger partial charge in [-0.1, -0.05) is 12.1 Å². The lowest BCUT2D eigenvalue weighted by Crippen LogP contribution is -2.43. The largest absolute Gasteiger partial charge is 0.508 e. The zero-order valence-corrected chi connectivity index (χ0v) is 18.4. The Morgan fingerprint density at radius 2 is 1.61 bits per heavy atom. The molecule has 0 spiro atoms. The average molecular weight is 449 g/mol. The van der Waals surface area contributed by atoms with Crippen LogP contribution in [0.25, 0.3) is 21.9 Å². The zero-order chi connectivity index (χ0) is 23.9. The number of phenolic OH excluding ortho intramolecular Hbond substituents is 1. The molecule has 170 valence electrons. The fourth-order valence-electron chi connectivity index (χ4n) is 3.90. The van der Waals surface area contributed by atoms with Crippen molar-refractivity contribution in [1.29, 1.82) is 0 Å². The second kappa shape index (κ2) is 8.46. The Bertz CT molecular complexity index is 1440. The summed E-state index contributed by atoms with van der Waals surface area (Å²) in [5.41, 5.74) is 2.71. The average Bonchev–Trinajstić information content (AvgIpc) is 3.03. The van der Waals surface area contributed by atoms with Crippen LogP contribution >= 0.6 is 0 Å². The maximum Gasteiger partial charge on any atom is 0.340 e. The van der Waals surface area contributed by atoms with Crippen molar-refractivity contribution in [2.75, 3.05) is 0 Å². The summed E-state index contributed by atoms with van der Waals surface area (Å²) in [5, 5.41) is 23.0. The highest BCUT2D eigenvalue weighted by Gasteiger charge is 2.23. The summed E-state index contributed by atoms with van der Waals surface area (Å²) >= 11 is 0. The predicted octanol–water partition coefficient (Wildman–Crippen LogP) is 3.52. The van der Waals surface area contributed by atoms with Crippen LogP contribution in [-0.4, -0.2) is 28.1 Å². The van der Waals surface area contributed by atoms with E-state index in [1.807, 2.05) is 19.9 Å². The van der Waals surface area contributed by atoms with Gasteiger partial charge in [-0.3, -0.25) is 4.79 Å². The van der Waals surface area contributed by atoms with Crippen LogP contribution in [0.5, 0.6) is 5.75 Å². The Balaban J connectivity index is 1.61. The number of carboxylic acid groups (broad SMARTS) is 1. The number of carbonyl (C=O) groups excluding carboxylic acids is 1. The first-order valence-corrected chi connectivity index (χ1v) is 10.4. The van der Waals surface area contributed by atoms with E-state index in [9.17, 15) is 24.6 Å². The van der Waals surface area contributed by atoms with E-state index in [0.717, 1.165) is 16.7 Å². The molecule has 4 rings (SSSR count). The highest BCUT2D eigenvalue weighted by molar-refractivity contribution is 5.97. The van der Waals surface area contributed by atoms with Gasteiger partial charge in [-0.25, -0.2) is 9.59 Å². The van der Waals surface area contributed by atoms with Gasteiger partial charge in [0.25, 0.3) is 0 Å². The standard InChI is InChI=1S/C25H23NO7/c1-12-14(3)32-21-11-22-18(9-17(12)21)13(2)19(25(31)33-22)10-23(28)26-20(24(29)30)8-15-4-6-16(27)7-5-15/h4-7,9,11,20,27H,8,10H2,1-3H3,(H,26,28)(H,29,30). The van der Waals surface area contributed by atoms with Crippen LogP contribution < -0.4 is 10.9 Å². The Hall–Kier alpha value is -4.07. The lowest BCUT2D eigenvalue weighted by molar-refractivity contribution is -0.141. The van der Waals surface area contributed by atoms with Crippen LogP contribution in [0.3, 0.4) is 0 Å². The van der Waals surface area contributed by atoms with E-state index in [4.69, 9.17) is 8.83 Å². The number of rotatable bonds is 6. The third kappa shape index (κ3) is 4.32. The number of fused-ring (bicyclic) bond motifs is 2. The van der Waals surface area contributed by atoms with Crippen molar-refractivity contribution >= 4 is 33.8 Å². The maximum atomic E-state index is 12.7. The molecule has 2 aromatic carbocycles. The van der Waals surface area contributed by atoms with Crippen molar-refractivity contribution in [3.63, 3.8) is 0 Å². The minimum atomic E-state index is -1.20. The van der Waals surface area contributed by atoms with Crippen LogP contribution in [0, 0.1) is 20.8 Å². The quantitative estimate of drug-likeness (QED) is 0.384. The van der Waals surface area contributed by atoms with Crippen molar-refractivity contribution < 1.29 is 28.6 Å². The topological polar surface area (TPSA) is 130 Å². The molecule has 0 saturated heterocycles. The molecule has 0 bridgehead atoms. The van der Waals surface area contributed by atoms with E-state index >= 15 is 0 Å². The van der Waals surface area contributed by atoms with Gasteiger partial charge in [-0.2, -0.15) is 0 Å². The lowest BCUT2D eigenvalue weighted by Gasteiger charge is -2.15. The van der Waals surface area contributed by atoms with Gasteiger partial charge in [-0.05, 0) is 55.7 Å². The molecule has 2 aromatic heterocycles. The van der Waals surface area contributed by atoms with E-state index in [1.165, 1.54) is 12.1 Å². The lowest BCUT2D eigenvalue weighted by atomic mass is 10.0. The molecule has 1 unspecified atom stereocenters. The summed E-state index contributed by atoms with van der Waals surface area (Å²) in [5.74, 6) is -0.973. The highest BCUT2D eigenvalue weighted by atomic mass is 16.4. The van der Waals surface area contributed by atoms with E-state index in [-0.39, 0.29) is 24.2 Å². The molecule has 1 atom stereocenters. The van der Waals surface area contributed by atoms with E-state index in [1.54, 1.807) is 25.1 Å². The number of amides is 1. The molecule has 0 aliphatic rings. The van der Waals surface area contributed by atoms with Gasteiger partial charge >= 0.3 is 11.6 Å². The van der Waals surface area contributed by atoms with Gasteiger partial charge in [0.15, 0.2) is 0 Å². The Labute approximate surface area is 188 Å². The molecular formula is C25H23NO7. The Kier molecular flexibility index (Phi) is 5.68. The Morgan fingerprint density at radius 3 is 2.27 bits per heavy atom. The van der Waals surface area contributed by atoms with Crippen molar-refractivity contribution in [2.45, 2.75) is 39.7 Å². The molecule has 8 heteroatoms. The summed E-state index contributed by atoms with van der Waals surface area (Å²) in [6.45, 7) is 5.53. The number of carbonyl (C=O) groups is 2. The first-order valence-electron chi connectivity index (χ1n) is 10.4. The van der Waals surface area contributed by atoms with Crippen molar-refractivity contribution in [2.24, 2.45) is 0 Å². The summed E-state index contributed by atoms with van der Waals surface area (Å²) in [4.78, 5) is 37.0. The van der Waals surface area contributed by atoms with Gasteiger partial charge in [0.1, 0.15) is 28.7 Å². The summed E-state index contributed by atoms with van der Waals surface area (Å²) in [7, 11) is 0. The van der Waals surface area contributed by atoms with Crippen molar-refractivity contribution in [3.8, 4) is 5.75 Å². The normalized spacial score (nSPS) is 12.2. The number of hydrogen-bond donors (Lipinski definition) is 3. The third-order valence-electron chi connectivity index (χ3n) is 5.93. The molecule has 33 heavy (non-hydrogen) atoms. The number of nitrogens with one attached hydrogen (secondary N) is 1. The maximum absolute atomic E-state index is 12.7. The van der Waals surface area contributed by atoms with Gasteiger partial charge in [0.05, 0.1) is 12.0 Å². The van der Waals surface area contributed by atoms with Crippen molar-refractivity contribution in [1.82, 2.24) is 5.32 Å². The fraction of sp³-hybridized carbons (Fsp3) is 0.240. The first-order chi connectivity index (χ1) is 15.6. The Morgan fingerprint density at radius 1 is 0.970 bits per heavy atom. The number of hydrogen-bond acceptors (Lipinski definition) is 6. The second-order valence-corrected chi connectivity index (χ2v) is 8.13. The number of benzene rings is 2. The smallest absolute Gasteiger partial charge is 0.340 e. The molecule has 0 aliphatic carbocycles. The molecule has 0 aliphatic heterocycles. The third-order valence-corrected chi connectivity index (χ3v) is 5.93. The zero-order valence-electron chi connectivity index (χ0n) is 18.4. The minimum Gasteiger partial charge on any atom is -0.508 e. The first kappa shape index (κ1) is 22.1. The fourth-order valence-corrected chi connectivity index (χ4v) is 3.90. The monoisotopic (exact) mass is 449 g/mol. The molecule has 0 saturated carbocycles. The van der Waals surface area contributed by atoms with Crippen LogP contribution in [0.1, 0.15) is 28.0 Å². The molecule has 0 fully saturated rings. The molecular weight excluding hydrogens is 426 g/mol. The molecule has 1 amide bonds. The number of furan rings is 1. The van der Waals surface area contributed by atoms with Crippen LogP contribution in [0.15, 0.2) is 50.0 Å². The molecule has 2 heterocycles. The number of carboxylic acids is 1. The van der Waals surface area contributed by atoms with Gasteiger partial charge in [-0.15, -0.1) is 0 Å². The van der Waals surface area contributed by atoms with E-state index in [2.05, 4.69) is 5.32 Å². The van der Waals surface area contributed by atoms with Gasteiger partial charge in [0, 0.05) is 23.3 Å². The van der Waals surface area contributed by atoms with Crippen LogP contribution in [-0.2, 0) is 22.4 Å². The molecule has 8 nitrogen and oxygen atoms in total. The van der Waals surface area contributed by atoms with Crippen molar-refractivity contribution in [3.05, 3.63) is 74.8 Å². The molecule has 0 radical (unpaired) electrons. The van der Waals surface area contributed by atoms with Gasteiger partial charge < -0.3 is 24.4 Å². The van der Waals surface area contributed by atoms with E-state index < -0.39 is 23.5 Å². The molecule has 3 N–H and O–H groups in total. The number of aromatic hydroxyl groups is 1. The highest BCUT2D eigenvalue weighted by Crippen LogP contribution is 2.31. The van der Waals surface area contributed by atoms with Crippen LogP contribution in [0.4, 0.5) is 0 Å². The number of phenols is 1.